The van der Waals surface area contributed by atoms with Gasteiger partial charge in [-0.1, -0.05) is 0 Å². The van der Waals surface area contributed by atoms with E-state index >= 15 is 0 Å². The first-order valence-electron chi connectivity index (χ1n) is 8.66. The topological polar surface area (TPSA) is 0 Å². The summed E-state index contributed by atoms with van der Waals surface area (Å²) in [6.45, 7) is 0. The molecule has 0 saturated carbocycles. The SMILES string of the molecule is FC(F)(F)c1cc[c]([Sn+]([c]2ccc(C(F)(F)F)cc2)[c]2ccc(C(F)(F)F)cc2)cc1. The molecule has 0 aliphatic carbocycles. The van der Waals surface area contributed by atoms with Gasteiger partial charge in [-0.2, -0.15) is 0 Å². The summed E-state index contributed by atoms with van der Waals surface area (Å²) in [5, 5.41) is 0. The Balaban J connectivity index is 2.08. The molecule has 0 aliphatic heterocycles. The van der Waals surface area contributed by atoms with E-state index in [4.69, 9.17) is 0 Å². The van der Waals surface area contributed by atoms with Crippen molar-refractivity contribution in [3.05, 3.63) is 89.5 Å². The third kappa shape index (κ3) is 5.55. The first-order valence-corrected chi connectivity index (χ1v) is 12.9. The van der Waals surface area contributed by atoms with Crippen LogP contribution in [0.15, 0.2) is 72.8 Å². The fourth-order valence-electron chi connectivity index (χ4n) is 2.98. The second kappa shape index (κ2) is 8.40. The molecular formula is C21H12F9Sn+. The summed E-state index contributed by atoms with van der Waals surface area (Å²) in [5.41, 5.74) is -2.67. The van der Waals surface area contributed by atoms with Crippen LogP contribution in [0, 0.1) is 0 Å². The van der Waals surface area contributed by atoms with E-state index in [1.165, 1.54) is 36.4 Å². The van der Waals surface area contributed by atoms with E-state index in [2.05, 4.69) is 0 Å². The minimum absolute atomic E-state index is 0.481. The minimum atomic E-state index is -4.56. The molecule has 0 saturated heterocycles. The number of hydrogen-bond donors (Lipinski definition) is 0. The Morgan fingerprint density at radius 2 is 0.548 bits per heavy atom. The standard InChI is InChI=1S/3C7H4F3.Sn/c3*8-7(9,10)6-4-2-1-3-5-6;/h3*2-5H;/q;;;+1. The van der Waals surface area contributed by atoms with Crippen LogP contribution < -0.4 is 10.7 Å². The first-order chi connectivity index (χ1) is 14.3. The van der Waals surface area contributed by atoms with E-state index in [0.717, 1.165) is 36.4 Å². The fourth-order valence-corrected chi connectivity index (χ4v) is 10.1. The Kier molecular flexibility index (Phi) is 6.37. The van der Waals surface area contributed by atoms with Gasteiger partial charge in [0, 0.05) is 0 Å². The summed E-state index contributed by atoms with van der Waals surface area (Å²) in [4.78, 5) is 0. The van der Waals surface area contributed by atoms with E-state index in [1.807, 2.05) is 0 Å². The number of halogens is 9. The third-order valence-corrected chi connectivity index (χ3v) is 12.3. The van der Waals surface area contributed by atoms with Crippen molar-refractivity contribution in [3.63, 3.8) is 0 Å². The molecule has 0 unspecified atom stereocenters. The van der Waals surface area contributed by atoms with Gasteiger partial charge in [0.05, 0.1) is 0 Å². The zero-order valence-corrected chi connectivity index (χ0v) is 18.2. The van der Waals surface area contributed by atoms with Crippen LogP contribution in [0.4, 0.5) is 39.5 Å². The predicted octanol–water partition coefficient (Wildman–Crippen LogP) is 5.26. The molecule has 0 fully saturated rings. The van der Waals surface area contributed by atoms with Crippen molar-refractivity contribution in [2.45, 2.75) is 18.5 Å². The molecule has 3 rings (SSSR count). The molecule has 31 heavy (non-hydrogen) atoms. The van der Waals surface area contributed by atoms with Crippen LogP contribution >= 0.6 is 0 Å². The van der Waals surface area contributed by atoms with Gasteiger partial charge in [-0.3, -0.25) is 0 Å². The molecule has 0 amide bonds. The van der Waals surface area contributed by atoms with Crippen LogP contribution in [0.3, 0.4) is 0 Å². The molecule has 162 valence electrons. The summed E-state index contributed by atoms with van der Waals surface area (Å²) >= 11 is -3.37. The van der Waals surface area contributed by atoms with Gasteiger partial charge in [-0.25, -0.2) is 0 Å². The Hall–Kier alpha value is -2.17. The summed E-state index contributed by atoms with van der Waals surface area (Å²) < 4.78 is 117. The number of rotatable bonds is 3. The van der Waals surface area contributed by atoms with Gasteiger partial charge in [0.2, 0.25) is 0 Å². The number of benzene rings is 3. The maximum absolute atomic E-state index is 12.9. The average Bonchev–Trinajstić information content (AvgIpc) is 2.67. The van der Waals surface area contributed by atoms with Gasteiger partial charge >= 0.3 is 178 Å². The van der Waals surface area contributed by atoms with Gasteiger partial charge in [0.1, 0.15) is 0 Å². The quantitative estimate of drug-likeness (QED) is 0.307. The van der Waals surface area contributed by atoms with Crippen LogP contribution in [0.2, 0.25) is 0 Å². The van der Waals surface area contributed by atoms with Crippen molar-refractivity contribution >= 4 is 30.5 Å². The number of hydrogen-bond acceptors (Lipinski definition) is 0. The van der Waals surface area contributed by atoms with E-state index in [0.29, 0.717) is 10.7 Å². The molecular weight excluding hydrogens is 542 g/mol. The van der Waals surface area contributed by atoms with Crippen molar-refractivity contribution in [3.8, 4) is 0 Å². The van der Waals surface area contributed by atoms with Crippen molar-refractivity contribution in [1.29, 1.82) is 0 Å². The summed E-state index contributed by atoms with van der Waals surface area (Å²) in [5.74, 6) is 0. The second-order valence-electron chi connectivity index (χ2n) is 6.60. The molecule has 0 aromatic heterocycles. The Bertz CT molecular complexity index is 877. The van der Waals surface area contributed by atoms with E-state index in [1.54, 1.807) is 0 Å². The van der Waals surface area contributed by atoms with Gasteiger partial charge in [0.25, 0.3) is 0 Å². The monoisotopic (exact) mass is 555 g/mol. The third-order valence-electron chi connectivity index (χ3n) is 4.50. The molecule has 0 bridgehead atoms. The molecule has 0 heterocycles. The van der Waals surface area contributed by atoms with Gasteiger partial charge in [-0.15, -0.1) is 0 Å². The molecule has 0 N–H and O–H groups in total. The molecule has 0 spiro atoms. The van der Waals surface area contributed by atoms with Crippen LogP contribution in [-0.2, 0) is 18.5 Å². The first kappa shape index (κ1) is 23.5. The molecule has 0 radical (unpaired) electrons. The molecule has 3 aromatic rings. The maximum atomic E-state index is 12.9. The van der Waals surface area contributed by atoms with Crippen molar-refractivity contribution in [1.82, 2.24) is 0 Å². The summed E-state index contributed by atoms with van der Waals surface area (Å²) in [6, 6.07) is 12.6. The molecule has 0 aliphatic rings. The Morgan fingerprint density at radius 1 is 0.355 bits per heavy atom. The molecule has 3 aromatic carbocycles. The van der Waals surface area contributed by atoms with Crippen molar-refractivity contribution in [2.75, 3.05) is 0 Å². The predicted molar refractivity (Wildman–Crippen MR) is 99.0 cm³/mol. The average molecular weight is 554 g/mol. The molecule has 10 heteroatoms. The summed E-state index contributed by atoms with van der Waals surface area (Å²) in [7, 11) is 0. The van der Waals surface area contributed by atoms with Crippen LogP contribution in [0.5, 0.6) is 0 Å². The fraction of sp³-hybridized carbons (Fsp3) is 0.143. The van der Waals surface area contributed by atoms with Gasteiger partial charge in [0.15, 0.2) is 0 Å². The Morgan fingerprint density at radius 3 is 0.710 bits per heavy atom. The van der Waals surface area contributed by atoms with E-state index in [9.17, 15) is 39.5 Å². The van der Waals surface area contributed by atoms with Crippen LogP contribution in [0.1, 0.15) is 16.7 Å². The van der Waals surface area contributed by atoms with Crippen molar-refractivity contribution < 1.29 is 39.5 Å². The second-order valence-corrected chi connectivity index (χ2v) is 13.7. The molecule has 0 atom stereocenters. The van der Waals surface area contributed by atoms with Gasteiger partial charge in [-0.05, 0) is 0 Å². The van der Waals surface area contributed by atoms with E-state index < -0.39 is 55.0 Å². The molecule has 0 nitrogen and oxygen atoms in total. The van der Waals surface area contributed by atoms with Crippen LogP contribution in [-0.4, -0.2) is 19.8 Å². The van der Waals surface area contributed by atoms with Crippen molar-refractivity contribution in [2.24, 2.45) is 0 Å². The normalized spacial score (nSPS) is 12.7. The zero-order valence-electron chi connectivity index (χ0n) is 15.3. The van der Waals surface area contributed by atoms with Gasteiger partial charge < -0.3 is 0 Å². The van der Waals surface area contributed by atoms with Crippen LogP contribution in [0.25, 0.3) is 0 Å². The summed E-state index contributed by atoms with van der Waals surface area (Å²) in [6.07, 6.45) is -13.7. The Labute approximate surface area is 178 Å². The zero-order chi connectivity index (χ0) is 23.0. The number of alkyl halides is 9. The van der Waals surface area contributed by atoms with E-state index in [-0.39, 0.29) is 0 Å².